The molecule has 0 radical (unpaired) electrons. The first kappa shape index (κ1) is 11.4. The van der Waals surface area contributed by atoms with Crippen LogP contribution in [-0.4, -0.2) is 23.0 Å². The van der Waals surface area contributed by atoms with Crippen LogP contribution in [0.2, 0.25) is 0 Å². The molecule has 2 rings (SSSR count). The van der Waals surface area contributed by atoms with E-state index < -0.39 is 0 Å². The molecular formula is C11H18N2S2. The minimum atomic E-state index is 0.465. The SMILES string of the molecule is CC(NCC1CCSCC1)c1cncs1. The summed E-state index contributed by atoms with van der Waals surface area (Å²) in [5, 5.41) is 3.62. The van der Waals surface area contributed by atoms with Gasteiger partial charge in [0.15, 0.2) is 0 Å². The highest BCUT2D eigenvalue weighted by molar-refractivity contribution is 7.99. The van der Waals surface area contributed by atoms with Crippen molar-refractivity contribution < 1.29 is 0 Å². The van der Waals surface area contributed by atoms with Gasteiger partial charge < -0.3 is 5.32 Å². The van der Waals surface area contributed by atoms with Crippen molar-refractivity contribution in [3.63, 3.8) is 0 Å². The fourth-order valence-corrected chi connectivity index (χ4v) is 3.69. The summed E-state index contributed by atoms with van der Waals surface area (Å²) in [7, 11) is 0. The number of hydrogen-bond donors (Lipinski definition) is 1. The van der Waals surface area contributed by atoms with Gasteiger partial charge in [-0.25, -0.2) is 0 Å². The summed E-state index contributed by atoms with van der Waals surface area (Å²) in [6.07, 6.45) is 4.74. The summed E-state index contributed by atoms with van der Waals surface area (Å²) in [6.45, 7) is 3.39. The Kier molecular flexibility index (Phi) is 4.47. The lowest BCUT2D eigenvalue weighted by atomic mass is 10.0. The maximum atomic E-state index is 4.11. The highest BCUT2D eigenvalue weighted by atomic mass is 32.2. The van der Waals surface area contributed by atoms with Crippen LogP contribution in [0.5, 0.6) is 0 Å². The molecule has 0 saturated carbocycles. The fourth-order valence-electron chi connectivity index (χ4n) is 1.83. The van der Waals surface area contributed by atoms with Gasteiger partial charge in [-0.1, -0.05) is 0 Å². The first-order valence-corrected chi connectivity index (χ1v) is 7.59. The first-order chi connectivity index (χ1) is 7.36. The summed E-state index contributed by atoms with van der Waals surface area (Å²) in [4.78, 5) is 5.46. The van der Waals surface area contributed by atoms with Crippen LogP contribution in [0.1, 0.15) is 30.7 Å². The van der Waals surface area contributed by atoms with E-state index in [9.17, 15) is 0 Å². The van der Waals surface area contributed by atoms with Crippen molar-refractivity contribution in [2.75, 3.05) is 18.1 Å². The molecule has 0 amide bonds. The molecule has 1 unspecified atom stereocenters. The Labute approximate surface area is 99.9 Å². The molecule has 1 aliphatic heterocycles. The molecule has 1 atom stereocenters. The lowest BCUT2D eigenvalue weighted by molar-refractivity contribution is 0.423. The van der Waals surface area contributed by atoms with Gasteiger partial charge in [0.05, 0.1) is 5.51 Å². The number of nitrogens with one attached hydrogen (secondary N) is 1. The number of aromatic nitrogens is 1. The molecule has 0 aliphatic carbocycles. The molecule has 0 spiro atoms. The fraction of sp³-hybridized carbons (Fsp3) is 0.727. The zero-order valence-electron chi connectivity index (χ0n) is 9.11. The van der Waals surface area contributed by atoms with Crippen LogP contribution in [0.4, 0.5) is 0 Å². The third-order valence-electron chi connectivity index (χ3n) is 2.93. The number of thiazole rings is 1. The van der Waals surface area contributed by atoms with Crippen molar-refractivity contribution in [2.24, 2.45) is 5.92 Å². The summed E-state index contributed by atoms with van der Waals surface area (Å²) < 4.78 is 0. The Morgan fingerprint density at radius 1 is 1.53 bits per heavy atom. The molecule has 1 aromatic heterocycles. The smallest absolute Gasteiger partial charge is 0.0794 e. The van der Waals surface area contributed by atoms with E-state index in [4.69, 9.17) is 0 Å². The maximum Gasteiger partial charge on any atom is 0.0794 e. The molecule has 2 heterocycles. The minimum Gasteiger partial charge on any atom is -0.309 e. The van der Waals surface area contributed by atoms with Crippen molar-refractivity contribution in [1.29, 1.82) is 0 Å². The molecule has 1 saturated heterocycles. The van der Waals surface area contributed by atoms with Crippen LogP contribution in [0, 0.1) is 5.92 Å². The Morgan fingerprint density at radius 2 is 2.33 bits per heavy atom. The van der Waals surface area contributed by atoms with E-state index in [1.807, 2.05) is 11.7 Å². The minimum absolute atomic E-state index is 0.465. The number of thioether (sulfide) groups is 1. The van der Waals surface area contributed by atoms with Crippen LogP contribution in [-0.2, 0) is 0 Å². The summed E-state index contributed by atoms with van der Waals surface area (Å²) in [5.41, 5.74) is 1.91. The van der Waals surface area contributed by atoms with E-state index in [-0.39, 0.29) is 0 Å². The summed E-state index contributed by atoms with van der Waals surface area (Å²) in [6, 6.07) is 0.465. The largest absolute Gasteiger partial charge is 0.309 e. The molecule has 1 aliphatic rings. The molecule has 4 heteroatoms. The van der Waals surface area contributed by atoms with E-state index in [1.54, 1.807) is 11.3 Å². The van der Waals surface area contributed by atoms with Gasteiger partial charge in [0.25, 0.3) is 0 Å². The molecule has 1 N–H and O–H groups in total. The maximum absolute atomic E-state index is 4.11. The molecule has 0 bridgehead atoms. The topological polar surface area (TPSA) is 24.9 Å². The average Bonchev–Trinajstić information content (AvgIpc) is 2.81. The number of hydrogen-bond acceptors (Lipinski definition) is 4. The van der Waals surface area contributed by atoms with Crippen LogP contribution in [0.3, 0.4) is 0 Å². The zero-order valence-corrected chi connectivity index (χ0v) is 10.7. The van der Waals surface area contributed by atoms with Crippen LogP contribution in [0.25, 0.3) is 0 Å². The Morgan fingerprint density at radius 3 is 3.00 bits per heavy atom. The van der Waals surface area contributed by atoms with Crippen molar-refractivity contribution in [1.82, 2.24) is 10.3 Å². The highest BCUT2D eigenvalue weighted by Gasteiger charge is 2.15. The van der Waals surface area contributed by atoms with Crippen LogP contribution < -0.4 is 5.32 Å². The second-order valence-corrected chi connectivity index (χ2v) is 6.23. The zero-order chi connectivity index (χ0) is 10.5. The van der Waals surface area contributed by atoms with E-state index in [0.29, 0.717) is 6.04 Å². The van der Waals surface area contributed by atoms with Crippen molar-refractivity contribution in [3.8, 4) is 0 Å². The lowest BCUT2D eigenvalue weighted by Gasteiger charge is -2.23. The molecule has 1 aromatic rings. The molecular weight excluding hydrogens is 224 g/mol. The van der Waals surface area contributed by atoms with Crippen molar-refractivity contribution in [2.45, 2.75) is 25.8 Å². The molecule has 84 valence electrons. The van der Waals surface area contributed by atoms with Gasteiger partial charge in [-0.2, -0.15) is 11.8 Å². The molecule has 15 heavy (non-hydrogen) atoms. The van der Waals surface area contributed by atoms with Gasteiger partial charge in [-0.05, 0) is 43.7 Å². The van der Waals surface area contributed by atoms with Crippen LogP contribution >= 0.6 is 23.1 Å². The van der Waals surface area contributed by atoms with Gasteiger partial charge >= 0.3 is 0 Å². The van der Waals surface area contributed by atoms with Crippen LogP contribution in [0.15, 0.2) is 11.7 Å². The molecule has 2 nitrogen and oxygen atoms in total. The van der Waals surface area contributed by atoms with Crippen molar-refractivity contribution in [3.05, 3.63) is 16.6 Å². The second-order valence-electron chi connectivity index (χ2n) is 4.09. The standard InChI is InChI=1S/C11H18N2S2/c1-9(11-7-12-8-15-11)13-6-10-2-4-14-5-3-10/h7-10,13H,2-6H2,1H3. The van der Waals surface area contributed by atoms with Gasteiger partial charge in [0.2, 0.25) is 0 Å². The summed E-state index contributed by atoms with van der Waals surface area (Å²) in [5.74, 6) is 3.59. The van der Waals surface area contributed by atoms with Gasteiger partial charge in [0, 0.05) is 17.1 Å². The van der Waals surface area contributed by atoms with Gasteiger partial charge in [-0.3, -0.25) is 4.98 Å². The monoisotopic (exact) mass is 242 g/mol. The first-order valence-electron chi connectivity index (χ1n) is 5.56. The van der Waals surface area contributed by atoms with E-state index in [0.717, 1.165) is 5.92 Å². The van der Waals surface area contributed by atoms with E-state index in [1.165, 1.54) is 35.8 Å². The predicted octanol–water partition coefficient (Wildman–Crippen LogP) is 2.94. The van der Waals surface area contributed by atoms with E-state index >= 15 is 0 Å². The Hall–Kier alpha value is -0.0600. The Bertz CT molecular complexity index is 268. The second kappa shape index (κ2) is 5.87. The van der Waals surface area contributed by atoms with Crippen molar-refractivity contribution >= 4 is 23.1 Å². The normalized spacial score (nSPS) is 20.3. The summed E-state index contributed by atoms with van der Waals surface area (Å²) >= 11 is 3.83. The number of nitrogens with zero attached hydrogens (tertiary/aromatic N) is 1. The van der Waals surface area contributed by atoms with Gasteiger partial charge in [0.1, 0.15) is 0 Å². The number of rotatable bonds is 4. The predicted molar refractivity (Wildman–Crippen MR) is 68.6 cm³/mol. The van der Waals surface area contributed by atoms with Gasteiger partial charge in [-0.15, -0.1) is 11.3 Å². The lowest BCUT2D eigenvalue weighted by Crippen LogP contribution is -2.27. The van der Waals surface area contributed by atoms with E-state index in [2.05, 4.69) is 29.0 Å². The quantitative estimate of drug-likeness (QED) is 0.879. The Balaban J connectivity index is 1.73. The third-order valence-corrected chi connectivity index (χ3v) is 4.94. The molecule has 1 fully saturated rings. The average molecular weight is 242 g/mol. The third kappa shape index (κ3) is 3.47. The molecule has 0 aromatic carbocycles. The highest BCUT2D eigenvalue weighted by Crippen LogP contribution is 2.23.